The number of sulfonamides is 1. The van der Waals surface area contributed by atoms with Gasteiger partial charge in [-0.05, 0) is 27.7 Å². The average molecular weight is 267 g/mol. The van der Waals surface area contributed by atoms with Gasteiger partial charge in [0.2, 0.25) is 10.0 Å². The molecule has 1 heterocycles. The van der Waals surface area contributed by atoms with Gasteiger partial charge in [0.05, 0.1) is 0 Å². The van der Waals surface area contributed by atoms with E-state index in [4.69, 9.17) is 16.1 Å². The molecular weight excluding hydrogens is 252 g/mol. The molecule has 0 bridgehead atoms. The van der Waals surface area contributed by atoms with Crippen LogP contribution in [0.15, 0.2) is 9.42 Å². The summed E-state index contributed by atoms with van der Waals surface area (Å²) >= 11 is 5.67. The van der Waals surface area contributed by atoms with E-state index in [0.29, 0.717) is 5.69 Å². The smallest absolute Gasteiger partial charge is 0.246 e. The third kappa shape index (κ3) is 2.75. The molecule has 0 amide bonds. The quantitative estimate of drug-likeness (QED) is 0.840. The number of hydrogen-bond donors (Lipinski definition) is 1. The Morgan fingerprint density at radius 3 is 2.38 bits per heavy atom. The minimum absolute atomic E-state index is 0.0886. The maximum absolute atomic E-state index is 12.0. The van der Waals surface area contributed by atoms with Crippen molar-refractivity contribution >= 4 is 21.6 Å². The molecule has 0 unspecified atom stereocenters. The van der Waals surface area contributed by atoms with Gasteiger partial charge in [-0.15, -0.1) is 11.6 Å². The first-order valence-electron chi connectivity index (χ1n) is 4.72. The molecule has 16 heavy (non-hydrogen) atoms. The van der Waals surface area contributed by atoms with Crippen molar-refractivity contribution in [1.82, 2.24) is 9.88 Å². The van der Waals surface area contributed by atoms with E-state index in [1.807, 2.05) is 0 Å². The molecule has 0 aromatic carbocycles. The summed E-state index contributed by atoms with van der Waals surface area (Å²) in [5.41, 5.74) is -0.369. The Morgan fingerprint density at radius 1 is 1.44 bits per heavy atom. The number of aromatic nitrogens is 1. The lowest BCUT2D eigenvalue weighted by Gasteiger charge is -2.22. The molecule has 0 saturated heterocycles. The van der Waals surface area contributed by atoms with Crippen LogP contribution in [0.4, 0.5) is 0 Å². The highest BCUT2D eigenvalue weighted by molar-refractivity contribution is 7.89. The molecule has 1 aromatic rings. The van der Waals surface area contributed by atoms with Crippen molar-refractivity contribution in [1.29, 1.82) is 0 Å². The predicted octanol–water partition coefficient (Wildman–Crippen LogP) is 1.59. The van der Waals surface area contributed by atoms with E-state index in [1.54, 1.807) is 27.7 Å². The maximum atomic E-state index is 12.0. The monoisotopic (exact) mass is 266 g/mol. The second-order valence-electron chi connectivity index (χ2n) is 4.28. The van der Waals surface area contributed by atoms with Crippen LogP contribution in [0.2, 0.25) is 0 Å². The molecule has 1 aromatic heterocycles. The number of nitrogens with zero attached hydrogens (tertiary/aromatic N) is 1. The maximum Gasteiger partial charge on any atom is 0.246 e. The third-order valence-corrected chi connectivity index (χ3v) is 4.59. The van der Waals surface area contributed by atoms with Gasteiger partial charge in [-0.1, -0.05) is 5.16 Å². The van der Waals surface area contributed by atoms with Crippen molar-refractivity contribution in [3.8, 4) is 0 Å². The highest BCUT2D eigenvalue weighted by Crippen LogP contribution is 2.20. The normalized spacial score (nSPS) is 13.1. The number of hydrogen-bond acceptors (Lipinski definition) is 4. The van der Waals surface area contributed by atoms with Gasteiger partial charge in [-0.25, -0.2) is 13.1 Å². The van der Waals surface area contributed by atoms with Crippen LogP contribution in [0.3, 0.4) is 0 Å². The van der Waals surface area contributed by atoms with Crippen LogP contribution in [0.1, 0.15) is 25.3 Å². The molecule has 0 spiro atoms. The highest BCUT2D eigenvalue weighted by atomic mass is 35.5. The third-order valence-electron chi connectivity index (χ3n) is 1.98. The van der Waals surface area contributed by atoms with E-state index >= 15 is 0 Å². The lowest BCUT2D eigenvalue weighted by molar-refractivity contribution is 0.390. The zero-order chi connectivity index (χ0) is 12.6. The summed E-state index contributed by atoms with van der Waals surface area (Å²) in [7, 11) is -3.64. The lowest BCUT2D eigenvalue weighted by Crippen LogP contribution is -2.45. The topological polar surface area (TPSA) is 72.2 Å². The zero-order valence-corrected chi connectivity index (χ0v) is 11.2. The standard InChI is InChI=1S/C9H15ClN2O3S/c1-6-8(7(2)15-11-6)16(13,14)12-9(3,4)5-10/h12H,5H2,1-4H3. The number of rotatable bonds is 4. The van der Waals surface area contributed by atoms with Crippen molar-refractivity contribution in [2.75, 3.05) is 5.88 Å². The number of alkyl halides is 1. The molecule has 0 saturated carbocycles. The molecule has 0 aliphatic heterocycles. The SMILES string of the molecule is Cc1noc(C)c1S(=O)(=O)NC(C)(C)CCl. The first-order chi connectivity index (χ1) is 7.19. The molecule has 5 nitrogen and oxygen atoms in total. The van der Waals surface area contributed by atoms with E-state index < -0.39 is 15.6 Å². The van der Waals surface area contributed by atoms with Gasteiger partial charge >= 0.3 is 0 Å². The van der Waals surface area contributed by atoms with E-state index in [-0.39, 0.29) is 16.5 Å². The van der Waals surface area contributed by atoms with Crippen LogP contribution >= 0.6 is 11.6 Å². The van der Waals surface area contributed by atoms with Crippen molar-refractivity contribution in [2.24, 2.45) is 0 Å². The van der Waals surface area contributed by atoms with Crippen LogP contribution < -0.4 is 4.72 Å². The van der Waals surface area contributed by atoms with Crippen LogP contribution in [0, 0.1) is 13.8 Å². The molecule has 7 heteroatoms. The molecule has 0 aliphatic carbocycles. The lowest BCUT2D eigenvalue weighted by atomic mass is 10.1. The van der Waals surface area contributed by atoms with Gasteiger partial charge in [0, 0.05) is 11.4 Å². The Labute approximate surface area is 100 Å². The largest absolute Gasteiger partial charge is 0.360 e. The number of nitrogens with one attached hydrogen (secondary N) is 1. The molecule has 0 atom stereocenters. The molecule has 0 radical (unpaired) electrons. The fraction of sp³-hybridized carbons (Fsp3) is 0.667. The molecule has 92 valence electrons. The van der Waals surface area contributed by atoms with Crippen molar-refractivity contribution in [3.05, 3.63) is 11.5 Å². The summed E-state index contributed by atoms with van der Waals surface area (Å²) in [6.07, 6.45) is 0. The second-order valence-corrected chi connectivity index (χ2v) is 6.16. The minimum atomic E-state index is -3.64. The van der Waals surface area contributed by atoms with Crippen LogP contribution in [0.5, 0.6) is 0 Å². The average Bonchev–Trinajstić information content (AvgIpc) is 2.44. The van der Waals surface area contributed by atoms with Crippen LogP contribution in [-0.2, 0) is 10.0 Å². The molecule has 1 rings (SSSR count). The van der Waals surface area contributed by atoms with Crippen molar-refractivity contribution in [3.63, 3.8) is 0 Å². The molecule has 0 aliphatic rings. The summed E-state index contributed by atoms with van der Waals surface area (Å²) in [6.45, 7) is 6.55. The van der Waals surface area contributed by atoms with Crippen molar-refractivity contribution < 1.29 is 12.9 Å². The number of aryl methyl sites for hydroxylation is 2. The Bertz CT molecular complexity index is 459. The van der Waals surface area contributed by atoms with Crippen molar-refractivity contribution in [2.45, 2.75) is 38.1 Å². The highest BCUT2D eigenvalue weighted by Gasteiger charge is 2.30. The van der Waals surface area contributed by atoms with Crippen LogP contribution in [0.25, 0.3) is 0 Å². The number of halogens is 1. The summed E-state index contributed by atoms with van der Waals surface area (Å²) in [6, 6.07) is 0. The fourth-order valence-corrected chi connectivity index (χ4v) is 3.19. The Kier molecular flexibility index (Phi) is 3.66. The van der Waals surface area contributed by atoms with Gasteiger partial charge < -0.3 is 4.52 Å². The van der Waals surface area contributed by atoms with Gasteiger partial charge in [0.1, 0.15) is 10.6 Å². The second kappa shape index (κ2) is 4.35. The predicted molar refractivity (Wildman–Crippen MR) is 61.1 cm³/mol. The first kappa shape index (κ1) is 13.5. The fourth-order valence-electron chi connectivity index (χ4n) is 1.30. The van der Waals surface area contributed by atoms with E-state index in [0.717, 1.165) is 0 Å². The zero-order valence-electron chi connectivity index (χ0n) is 9.67. The van der Waals surface area contributed by atoms with E-state index in [1.165, 1.54) is 0 Å². The van der Waals surface area contributed by atoms with Crippen LogP contribution in [-0.4, -0.2) is 25.0 Å². The molecular formula is C9H15ClN2O3S. The summed E-state index contributed by atoms with van der Waals surface area (Å²) in [5, 5.41) is 3.61. The van der Waals surface area contributed by atoms with Gasteiger partial charge in [-0.2, -0.15) is 0 Å². The summed E-state index contributed by atoms with van der Waals surface area (Å²) in [5.74, 6) is 0.450. The Balaban J connectivity index is 3.14. The molecule has 0 fully saturated rings. The van der Waals surface area contributed by atoms with E-state index in [2.05, 4.69) is 9.88 Å². The van der Waals surface area contributed by atoms with Gasteiger partial charge in [-0.3, -0.25) is 0 Å². The summed E-state index contributed by atoms with van der Waals surface area (Å²) < 4.78 is 31.4. The Hall–Kier alpha value is -0.590. The first-order valence-corrected chi connectivity index (χ1v) is 6.74. The van der Waals surface area contributed by atoms with Gasteiger partial charge in [0.15, 0.2) is 5.76 Å². The summed E-state index contributed by atoms with van der Waals surface area (Å²) in [4.78, 5) is 0.0886. The van der Waals surface area contributed by atoms with Gasteiger partial charge in [0.25, 0.3) is 0 Å². The van der Waals surface area contributed by atoms with E-state index in [9.17, 15) is 8.42 Å². The Morgan fingerprint density at radius 2 is 2.00 bits per heavy atom. The minimum Gasteiger partial charge on any atom is -0.360 e. The molecule has 1 N–H and O–H groups in total.